The number of benzene rings is 2. The Bertz CT molecular complexity index is 1300. The van der Waals surface area contributed by atoms with Gasteiger partial charge in [0.15, 0.2) is 5.13 Å². The number of nitrogens with two attached hydrogens (primary N) is 1. The first-order valence-corrected chi connectivity index (χ1v) is 11.7. The van der Waals surface area contributed by atoms with Crippen LogP contribution in [0.15, 0.2) is 48.8 Å². The molecule has 0 spiro atoms. The number of primary amides is 1. The number of nitrogens with zero attached hydrogens (tertiary/aromatic N) is 4. The molecular weight excluding hydrogens is 462 g/mol. The third kappa shape index (κ3) is 4.72. The van der Waals surface area contributed by atoms with Crippen LogP contribution in [0.3, 0.4) is 0 Å². The highest BCUT2D eigenvalue weighted by molar-refractivity contribution is 7.16. The second-order valence-corrected chi connectivity index (χ2v) is 9.03. The molecule has 170 valence electrons. The lowest BCUT2D eigenvalue weighted by Crippen LogP contribution is -2.38. The van der Waals surface area contributed by atoms with Crippen LogP contribution in [0.5, 0.6) is 5.75 Å². The van der Waals surface area contributed by atoms with Crippen molar-refractivity contribution in [2.75, 3.05) is 39.5 Å². The maximum atomic E-state index is 12.1. The molecule has 10 heteroatoms. The molecule has 1 saturated heterocycles. The number of thiazole rings is 1. The lowest BCUT2D eigenvalue weighted by Gasteiger charge is -2.26. The Labute approximate surface area is 199 Å². The topological polar surface area (TPSA) is 95.5 Å². The predicted octanol–water partition coefficient (Wildman–Crippen LogP) is 3.61. The standard InChI is InChI=1S/C23H22ClN5O3S/c24-16-3-1-2-15(12-16)20-21(22(25)30)33-23(27-20)29-14-26-18-5-4-17(13-19(18)29)32-11-8-28-6-9-31-10-7-28/h1-5,12-14H,6-11H2,(H2,25,30). The van der Waals surface area contributed by atoms with Crippen molar-refractivity contribution < 1.29 is 14.3 Å². The van der Waals surface area contributed by atoms with E-state index in [1.807, 2.05) is 34.9 Å². The number of aromatic nitrogens is 3. The third-order valence-electron chi connectivity index (χ3n) is 5.44. The highest BCUT2D eigenvalue weighted by atomic mass is 35.5. The highest BCUT2D eigenvalue weighted by Gasteiger charge is 2.20. The molecule has 2 aromatic carbocycles. The van der Waals surface area contributed by atoms with Gasteiger partial charge in [-0.2, -0.15) is 0 Å². The normalized spacial score (nSPS) is 14.6. The van der Waals surface area contributed by atoms with Gasteiger partial charge >= 0.3 is 0 Å². The molecule has 2 N–H and O–H groups in total. The Morgan fingerprint density at radius 1 is 1.21 bits per heavy atom. The van der Waals surface area contributed by atoms with E-state index in [-0.39, 0.29) is 0 Å². The van der Waals surface area contributed by atoms with Gasteiger partial charge < -0.3 is 15.2 Å². The average Bonchev–Trinajstić information content (AvgIpc) is 3.44. The zero-order chi connectivity index (χ0) is 22.8. The van der Waals surface area contributed by atoms with Gasteiger partial charge in [-0.15, -0.1) is 0 Å². The van der Waals surface area contributed by atoms with Gasteiger partial charge in [0, 0.05) is 36.3 Å². The lowest BCUT2D eigenvalue weighted by molar-refractivity contribution is 0.0322. The molecular formula is C23H22ClN5O3S. The van der Waals surface area contributed by atoms with Crippen molar-refractivity contribution in [2.45, 2.75) is 0 Å². The molecule has 0 radical (unpaired) electrons. The Morgan fingerprint density at radius 3 is 2.85 bits per heavy atom. The third-order valence-corrected chi connectivity index (χ3v) is 6.75. The number of rotatable bonds is 7. The van der Waals surface area contributed by atoms with Crippen molar-refractivity contribution >= 4 is 39.9 Å². The summed E-state index contributed by atoms with van der Waals surface area (Å²) < 4.78 is 13.2. The molecule has 1 aliphatic heterocycles. The number of hydrogen-bond acceptors (Lipinski definition) is 7. The van der Waals surface area contributed by atoms with Crippen LogP contribution in [0, 0.1) is 0 Å². The molecule has 0 bridgehead atoms. The number of ether oxygens (including phenoxy) is 2. The maximum absolute atomic E-state index is 12.1. The van der Waals surface area contributed by atoms with Gasteiger partial charge in [-0.3, -0.25) is 14.3 Å². The minimum Gasteiger partial charge on any atom is -0.492 e. The van der Waals surface area contributed by atoms with Crippen LogP contribution >= 0.6 is 22.9 Å². The number of imidazole rings is 1. The summed E-state index contributed by atoms with van der Waals surface area (Å²) in [6, 6.07) is 13.0. The van der Waals surface area contributed by atoms with E-state index in [0.29, 0.717) is 27.3 Å². The first kappa shape index (κ1) is 21.8. The monoisotopic (exact) mass is 483 g/mol. The minimum atomic E-state index is -0.537. The van der Waals surface area contributed by atoms with Gasteiger partial charge in [0.05, 0.1) is 29.9 Å². The van der Waals surface area contributed by atoms with Crippen molar-refractivity contribution in [3.63, 3.8) is 0 Å². The average molecular weight is 484 g/mol. The van der Waals surface area contributed by atoms with Crippen molar-refractivity contribution in [2.24, 2.45) is 5.73 Å². The molecule has 1 fully saturated rings. The second kappa shape index (κ2) is 9.48. The Hall–Kier alpha value is -2.98. The molecule has 8 nitrogen and oxygen atoms in total. The SMILES string of the molecule is NC(=O)c1sc(-n2cnc3ccc(OCCN4CCOCC4)cc32)nc1-c1cccc(Cl)c1. The molecule has 0 saturated carbocycles. The van der Waals surface area contributed by atoms with E-state index >= 15 is 0 Å². The zero-order valence-electron chi connectivity index (χ0n) is 17.7. The number of fused-ring (bicyclic) bond motifs is 1. The number of hydrogen-bond donors (Lipinski definition) is 1. The van der Waals surface area contributed by atoms with Crippen LogP contribution in [0.4, 0.5) is 0 Å². The van der Waals surface area contributed by atoms with E-state index in [1.54, 1.807) is 18.5 Å². The van der Waals surface area contributed by atoms with E-state index in [9.17, 15) is 4.79 Å². The molecule has 0 unspecified atom stereocenters. The summed E-state index contributed by atoms with van der Waals surface area (Å²) in [5.41, 5.74) is 8.52. The van der Waals surface area contributed by atoms with Crippen LogP contribution in [0.1, 0.15) is 9.67 Å². The van der Waals surface area contributed by atoms with Crippen molar-refractivity contribution in [1.29, 1.82) is 0 Å². The van der Waals surface area contributed by atoms with Crippen LogP contribution in [0.2, 0.25) is 5.02 Å². The maximum Gasteiger partial charge on any atom is 0.261 e. The fourth-order valence-electron chi connectivity index (χ4n) is 3.76. The Balaban J connectivity index is 1.43. The summed E-state index contributed by atoms with van der Waals surface area (Å²) in [5.74, 6) is 0.213. The summed E-state index contributed by atoms with van der Waals surface area (Å²) in [5, 5.41) is 1.15. The second-order valence-electron chi connectivity index (χ2n) is 7.62. The van der Waals surface area contributed by atoms with Crippen molar-refractivity contribution in [3.05, 3.63) is 58.7 Å². The number of morpholine rings is 1. The first-order valence-electron chi connectivity index (χ1n) is 10.6. The predicted molar refractivity (Wildman–Crippen MR) is 128 cm³/mol. The van der Waals surface area contributed by atoms with Gasteiger partial charge in [0.25, 0.3) is 5.91 Å². The van der Waals surface area contributed by atoms with Gasteiger partial charge in [0.1, 0.15) is 23.6 Å². The largest absolute Gasteiger partial charge is 0.492 e. The van der Waals surface area contributed by atoms with E-state index in [4.69, 9.17) is 31.8 Å². The fraction of sp³-hybridized carbons (Fsp3) is 0.261. The molecule has 0 aliphatic carbocycles. The molecule has 1 amide bonds. The van der Waals surface area contributed by atoms with Crippen LogP contribution in [-0.4, -0.2) is 64.8 Å². The summed E-state index contributed by atoms with van der Waals surface area (Å²) in [7, 11) is 0. The minimum absolute atomic E-state index is 0.368. The molecule has 4 aromatic rings. The summed E-state index contributed by atoms with van der Waals surface area (Å²) in [6.45, 7) is 4.82. The lowest BCUT2D eigenvalue weighted by atomic mass is 10.1. The molecule has 2 aromatic heterocycles. The first-order chi connectivity index (χ1) is 16.1. The van der Waals surface area contributed by atoms with Crippen LogP contribution in [0.25, 0.3) is 27.4 Å². The molecule has 0 atom stereocenters. The molecule has 33 heavy (non-hydrogen) atoms. The van der Waals surface area contributed by atoms with Crippen molar-refractivity contribution in [1.82, 2.24) is 19.4 Å². The number of carbonyl (C=O) groups excluding carboxylic acids is 1. The Morgan fingerprint density at radius 2 is 2.06 bits per heavy atom. The summed E-state index contributed by atoms with van der Waals surface area (Å²) in [6.07, 6.45) is 1.69. The molecule has 1 aliphatic rings. The summed E-state index contributed by atoms with van der Waals surface area (Å²) >= 11 is 7.36. The van der Waals surface area contributed by atoms with Crippen LogP contribution < -0.4 is 10.5 Å². The molecule has 5 rings (SSSR count). The highest BCUT2D eigenvalue weighted by Crippen LogP contribution is 2.33. The smallest absolute Gasteiger partial charge is 0.261 e. The zero-order valence-corrected chi connectivity index (χ0v) is 19.3. The van der Waals surface area contributed by atoms with Gasteiger partial charge in [-0.1, -0.05) is 35.1 Å². The summed E-state index contributed by atoms with van der Waals surface area (Å²) in [4.78, 5) is 24.0. The number of amides is 1. The number of carbonyl (C=O) groups is 1. The van der Waals surface area contributed by atoms with E-state index in [1.165, 1.54) is 11.3 Å². The quantitative estimate of drug-likeness (QED) is 0.431. The molecule has 3 heterocycles. The van der Waals surface area contributed by atoms with Crippen LogP contribution in [-0.2, 0) is 4.74 Å². The van der Waals surface area contributed by atoms with E-state index < -0.39 is 5.91 Å². The number of halogens is 1. The van der Waals surface area contributed by atoms with E-state index in [0.717, 1.165) is 55.2 Å². The van der Waals surface area contributed by atoms with Crippen molar-refractivity contribution in [3.8, 4) is 22.1 Å². The Kier molecular flexibility index (Phi) is 6.28. The fourth-order valence-corrected chi connectivity index (χ4v) is 4.87. The van der Waals surface area contributed by atoms with Gasteiger partial charge in [-0.25, -0.2) is 9.97 Å². The van der Waals surface area contributed by atoms with Gasteiger partial charge in [0.2, 0.25) is 0 Å². The van der Waals surface area contributed by atoms with Gasteiger partial charge in [-0.05, 0) is 24.3 Å². The van der Waals surface area contributed by atoms with E-state index in [2.05, 4.69) is 9.88 Å².